The molecular weight excluding hydrogens is 404 g/mol. The molecule has 0 N–H and O–H groups in total. The summed E-state index contributed by atoms with van der Waals surface area (Å²) in [6.45, 7) is 8.88. The first-order valence-corrected chi connectivity index (χ1v) is 11.2. The molecule has 2 aliphatic rings. The number of rotatable bonds is 4. The van der Waals surface area contributed by atoms with Crippen LogP contribution in [0.25, 0.3) is 0 Å². The largest absolute Gasteiger partial charge is 0.490 e. The average Bonchev–Trinajstić information content (AvgIpc) is 3.01. The highest BCUT2D eigenvalue weighted by atomic mass is 32.2. The first kappa shape index (κ1) is 22.5. The van der Waals surface area contributed by atoms with Gasteiger partial charge in [-0.15, -0.1) is 0 Å². The highest BCUT2D eigenvalue weighted by Gasteiger charge is 2.32. The van der Waals surface area contributed by atoms with Crippen molar-refractivity contribution in [3.05, 3.63) is 24.3 Å². The van der Waals surface area contributed by atoms with E-state index in [2.05, 4.69) is 0 Å². The van der Waals surface area contributed by atoms with Crippen LogP contribution in [0.5, 0.6) is 5.75 Å². The van der Waals surface area contributed by atoms with Crippen LogP contribution in [-0.4, -0.2) is 58.6 Å². The number of piperidine rings is 1. The maximum absolute atomic E-state index is 12.3. The summed E-state index contributed by atoms with van der Waals surface area (Å²) in [5, 5.41) is 0.0530. The van der Waals surface area contributed by atoms with Gasteiger partial charge in [-0.1, -0.05) is 11.8 Å². The lowest BCUT2D eigenvalue weighted by molar-refractivity contribution is -0.117. The van der Waals surface area contributed by atoms with Crippen LogP contribution in [0.1, 0.15) is 47.0 Å². The Morgan fingerprint density at radius 2 is 1.73 bits per heavy atom. The lowest BCUT2D eigenvalue weighted by Gasteiger charge is -2.33. The van der Waals surface area contributed by atoms with Crippen molar-refractivity contribution in [2.24, 2.45) is 0 Å². The molecule has 8 heteroatoms. The number of carbonyl (C=O) groups is 3. The second kappa shape index (κ2) is 9.29. The summed E-state index contributed by atoms with van der Waals surface area (Å²) in [6, 6.07) is 7.50. The molecule has 0 aromatic heterocycles. The molecule has 2 amide bonds. The quantitative estimate of drug-likeness (QED) is 0.716. The van der Waals surface area contributed by atoms with Crippen LogP contribution in [0.15, 0.2) is 24.3 Å². The number of amides is 2. The van der Waals surface area contributed by atoms with E-state index in [4.69, 9.17) is 9.47 Å². The van der Waals surface area contributed by atoms with E-state index in [1.54, 1.807) is 9.80 Å². The van der Waals surface area contributed by atoms with Gasteiger partial charge in [0.2, 0.25) is 5.91 Å². The third kappa shape index (κ3) is 6.14. The third-order valence-corrected chi connectivity index (χ3v) is 5.95. The van der Waals surface area contributed by atoms with E-state index in [-0.39, 0.29) is 28.5 Å². The maximum atomic E-state index is 12.3. The van der Waals surface area contributed by atoms with E-state index in [9.17, 15) is 14.4 Å². The molecule has 30 heavy (non-hydrogen) atoms. The van der Waals surface area contributed by atoms with Crippen molar-refractivity contribution in [3.63, 3.8) is 0 Å². The van der Waals surface area contributed by atoms with Crippen LogP contribution < -0.4 is 9.64 Å². The Labute approximate surface area is 182 Å². The fraction of sp³-hybridized carbons (Fsp3) is 0.591. The van der Waals surface area contributed by atoms with Gasteiger partial charge in [0.25, 0.3) is 0 Å². The van der Waals surface area contributed by atoms with Crippen molar-refractivity contribution < 1.29 is 23.9 Å². The number of hydrogen-bond acceptors (Lipinski definition) is 6. The fourth-order valence-corrected chi connectivity index (χ4v) is 4.54. The van der Waals surface area contributed by atoms with Crippen molar-refractivity contribution in [2.75, 3.05) is 24.5 Å². The Balaban J connectivity index is 1.49. The maximum Gasteiger partial charge on any atom is 0.410 e. The summed E-state index contributed by atoms with van der Waals surface area (Å²) in [6.07, 6.45) is 1.64. The minimum atomic E-state index is -0.492. The summed E-state index contributed by atoms with van der Waals surface area (Å²) in [7, 11) is 0. The summed E-state index contributed by atoms with van der Waals surface area (Å²) >= 11 is 1.23. The Morgan fingerprint density at radius 3 is 2.30 bits per heavy atom. The standard InChI is InChI=1S/C22H30N2O5S/c1-15(25)30-19-13-20(26)24(14-19)16-5-7-17(8-6-16)28-18-9-11-23(12-10-18)21(27)29-22(2,3)4/h5-8,18-19H,9-14H2,1-4H3. The van der Waals surface area contributed by atoms with Gasteiger partial charge in [-0.2, -0.15) is 0 Å². The zero-order chi connectivity index (χ0) is 21.9. The zero-order valence-corrected chi connectivity index (χ0v) is 18.9. The van der Waals surface area contributed by atoms with Gasteiger partial charge in [0, 0.05) is 56.8 Å². The van der Waals surface area contributed by atoms with E-state index in [0.717, 1.165) is 24.3 Å². The first-order valence-electron chi connectivity index (χ1n) is 10.3. The molecule has 3 rings (SSSR count). The number of likely N-dealkylation sites (tertiary alicyclic amines) is 1. The number of hydrogen-bond donors (Lipinski definition) is 0. The Hall–Kier alpha value is -2.22. The second-order valence-corrected chi connectivity index (χ2v) is 10.2. The molecule has 0 radical (unpaired) electrons. The summed E-state index contributed by atoms with van der Waals surface area (Å²) in [4.78, 5) is 39.2. The second-order valence-electron chi connectivity index (χ2n) is 8.72. The fourth-order valence-electron chi connectivity index (χ4n) is 3.62. The Kier molecular flexibility index (Phi) is 6.95. The molecule has 0 saturated carbocycles. The van der Waals surface area contributed by atoms with E-state index < -0.39 is 5.60 Å². The molecule has 164 valence electrons. The molecule has 0 bridgehead atoms. The molecule has 2 heterocycles. The number of ether oxygens (including phenoxy) is 2. The van der Waals surface area contributed by atoms with E-state index >= 15 is 0 Å². The number of carbonyl (C=O) groups excluding carboxylic acids is 3. The van der Waals surface area contributed by atoms with Gasteiger partial charge in [-0.25, -0.2) is 4.79 Å². The van der Waals surface area contributed by atoms with Crippen molar-refractivity contribution in [1.82, 2.24) is 4.90 Å². The van der Waals surface area contributed by atoms with Gasteiger partial charge in [0.1, 0.15) is 17.5 Å². The minimum absolute atomic E-state index is 0.0149. The molecule has 2 aliphatic heterocycles. The van der Waals surface area contributed by atoms with Crippen molar-refractivity contribution in [3.8, 4) is 5.75 Å². The average molecular weight is 435 g/mol. The lowest BCUT2D eigenvalue weighted by Crippen LogP contribution is -2.44. The number of thioether (sulfide) groups is 1. The topological polar surface area (TPSA) is 76.2 Å². The number of benzene rings is 1. The predicted octanol–water partition coefficient (Wildman–Crippen LogP) is 3.85. The molecule has 1 aromatic carbocycles. The van der Waals surface area contributed by atoms with Gasteiger partial charge in [-0.3, -0.25) is 9.59 Å². The molecule has 1 atom stereocenters. The summed E-state index contributed by atoms with van der Waals surface area (Å²) < 4.78 is 11.5. The van der Waals surface area contributed by atoms with E-state index in [1.165, 1.54) is 18.7 Å². The van der Waals surface area contributed by atoms with Gasteiger partial charge in [0.05, 0.1) is 0 Å². The van der Waals surface area contributed by atoms with Gasteiger partial charge in [0.15, 0.2) is 5.12 Å². The highest BCUT2D eigenvalue weighted by molar-refractivity contribution is 8.14. The molecule has 2 saturated heterocycles. The molecular formula is C22H30N2O5S. The molecule has 0 aliphatic carbocycles. The van der Waals surface area contributed by atoms with Crippen LogP contribution in [0, 0.1) is 0 Å². The molecule has 7 nitrogen and oxygen atoms in total. The van der Waals surface area contributed by atoms with E-state index in [1.807, 2.05) is 45.0 Å². The number of anilines is 1. The third-order valence-electron chi connectivity index (χ3n) is 4.97. The lowest BCUT2D eigenvalue weighted by atomic mass is 10.1. The van der Waals surface area contributed by atoms with Crippen molar-refractivity contribution in [1.29, 1.82) is 0 Å². The minimum Gasteiger partial charge on any atom is -0.490 e. The zero-order valence-electron chi connectivity index (χ0n) is 18.1. The molecule has 2 fully saturated rings. The first-order chi connectivity index (χ1) is 14.1. The SMILES string of the molecule is CC(=O)SC1CC(=O)N(c2ccc(OC3CCN(C(=O)OC(C)(C)C)CC3)cc2)C1. The van der Waals surface area contributed by atoms with E-state index in [0.29, 0.717) is 26.1 Å². The van der Waals surface area contributed by atoms with Crippen LogP contribution >= 0.6 is 11.8 Å². The summed E-state index contributed by atoms with van der Waals surface area (Å²) in [5.41, 5.74) is 0.326. The van der Waals surface area contributed by atoms with Crippen molar-refractivity contribution in [2.45, 2.75) is 63.9 Å². The van der Waals surface area contributed by atoms with Crippen LogP contribution in [0.2, 0.25) is 0 Å². The molecule has 1 unspecified atom stereocenters. The normalized spacial score (nSPS) is 20.4. The smallest absolute Gasteiger partial charge is 0.410 e. The van der Waals surface area contributed by atoms with Crippen LogP contribution in [-0.2, 0) is 14.3 Å². The molecule has 1 aromatic rings. The van der Waals surface area contributed by atoms with Gasteiger partial charge in [-0.05, 0) is 45.0 Å². The van der Waals surface area contributed by atoms with Gasteiger partial charge < -0.3 is 19.3 Å². The molecule has 0 spiro atoms. The van der Waals surface area contributed by atoms with Crippen LogP contribution in [0.4, 0.5) is 10.5 Å². The van der Waals surface area contributed by atoms with Gasteiger partial charge >= 0.3 is 6.09 Å². The monoisotopic (exact) mass is 434 g/mol. The Bertz CT molecular complexity index is 782. The highest BCUT2D eigenvalue weighted by Crippen LogP contribution is 2.30. The summed E-state index contributed by atoms with van der Waals surface area (Å²) in [5.74, 6) is 0.785. The predicted molar refractivity (Wildman–Crippen MR) is 117 cm³/mol. The van der Waals surface area contributed by atoms with Crippen LogP contribution in [0.3, 0.4) is 0 Å². The Morgan fingerprint density at radius 1 is 1.10 bits per heavy atom. The number of nitrogens with zero attached hydrogens (tertiary/aromatic N) is 2. The van der Waals surface area contributed by atoms with Crippen molar-refractivity contribution >= 4 is 34.6 Å².